The van der Waals surface area contributed by atoms with Crippen LogP contribution in [-0.2, 0) is 4.79 Å². The summed E-state index contributed by atoms with van der Waals surface area (Å²) in [4.78, 5) is 23.7. The van der Waals surface area contributed by atoms with Gasteiger partial charge in [-0.15, -0.1) is 0 Å². The molecule has 1 amide bonds. The molecule has 0 aromatic carbocycles. The number of carbonyl (C=O) groups excluding carboxylic acids is 1. The first-order valence-corrected chi connectivity index (χ1v) is 6.99. The molecule has 1 aromatic heterocycles. The van der Waals surface area contributed by atoms with Crippen LogP contribution in [0.4, 0.5) is 0 Å². The molecule has 6 nitrogen and oxygen atoms in total. The maximum atomic E-state index is 12.2. The molecule has 0 unspecified atom stereocenters. The summed E-state index contributed by atoms with van der Waals surface area (Å²) in [7, 11) is 0. The van der Waals surface area contributed by atoms with Crippen LogP contribution in [0.15, 0.2) is 0 Å². The molecular weight excluding hydrogens is 258 g/mol. The zero-order valence-electron chi connectivity index (χ0n) is 12.0. The Labute approximate surface area is 118 Å². The minimum Gasteiger partial charge on any atom is -0.481 e. The summed E-state index contributed by atoms with van der Waals surface area (Å²) in [6, 6.07) is 0. The summed E-state index contributed by atoms with van der Waals surface area (Å²) in [5.74, 6) is -1.06. The molecule has 0 spiro atoms. The standard InChI is InChI=1S/C14H21N3O3/c1-9-11(10(2)17-16-9)12(18)15-8-14(13(19)20)6-4-3-5-7-14/h3-8H2,1-2H3,(H,15,18)(H,16,17)(H,19,20). The number of amides is 1. The molecule has 0 radical (unpaired) electrons. The number of carboxylic acids is 1. The fraction of sp³-hybridized carbons (Fsp3) is 0.643. The Bertz CT molecular complexity index is 496. The Morgan fingerprint density at radius 2 is 1.95 bits per heavy atom. The number of carbonyl (C=O) groups is 2. The number of nitrogens with zero attached hydrogens (tertiary/aromatic N) is 1. The molecule has 3 N–H and O–H groups in total. The van der Waals surface area contributed by atoms with Crippen molar-refractivity contribution in [1.82, 2.24) is 15.5 Å². The van der Waals surface area contributed by atoms with E-state index in [9.17, 15) is 14.7 Å². The third-order valence-electron chi connectivity index (χ3n) is 4.21. The van der Waals surface area contributed by atoms with Crippen LogP contribution in [-0.4, -0.2) is 33.7 Å². The lowest BCUT2D eigenvalue weighted by Crippen LogP contribution is -2.44. The van der Waals surface area contributed by atoms with Crippen LogP contribution in [0.1, 0.15) is 53.8 Å². The molecular formula is C14H21N3O3. The lowest BCUT2D eigenvalue weighted by Gasteiger charge is -2.33. The van der Waals surface area contributed by atoms with Crippen molar-refractivity contribution in [3.05, 3.63) is 17.0 Å². The normalized spacial score (nSPS) is 17.7. The first-order valence-electron chi connectivity index (χ1n) is 6.99. The summed E-state index contributed by atoms with van der Waals surface area (Å²) in [6.45, 7) is 3.72. The lowest BCUT2D eigenvalue weighted by atomic mass is 9.74. The van der Waals surface area contributed by atoms with Gasteiger partial charge in [0, 0.05) is 12.2 Å². The molecule has 1 aliphatic rings. The topological polar surface area (TPSA) is 95.1 Å². The summed E-state index contributed by atoms with van der Waals surface area (Å²) in [5.41, 5.74) is 1.04. The fourth-order valence-electron chi connectivity index (χ4n) is 2.92. The Balaban J connectivity index is 2.06. The molecule has 6 heteroatoms. The van der Waals surface area contributed by atoms with E-state index in [0.717, 1.165) is 19.3 Å². The number of H-pyrrole nitrogens is 1. The Morgan fingerprint density at radius 1 is 1.30 bits per heavy atom. The second-order valence-electron chi connectivity index (χ2n) is 5.64. The van der Waals surface area contributed by atoms with Crippen LogP contribution in [0, 0.1) is 19.3 Å². The summed E-state index contributed by atoms with van der Waals surface area (Å²) in [6.07, 6.45) is 4.15. The molecule has 110 valence electrons. The number of aromatic nitrogens is 2. The fourth-order valence-corrected chi connectivity index (χ4v) is 2.92. The molecule has 0 saturated heterocycles. The average molecular weight is 279 g/mol. The van der Waals surface area contributed by atoms with E-state index in [1.54, 1.807) is 13.8 Å². The Morgan fingerprint density at radius 3 is 2.45 bits per heavy atom. The van der Waals surface area contributed by atoms with Gasteiger partial charge in [0.05, 0.1) is 16.7 Å². The molecule has 1 aromatic rings. The highest BCUT2D eigenvalue weighted by Gasteiger charge is 2.40. The SMILES string of the molecule is Cc1n[nH]c(C)c1C(=O)NCC1(C(=O)O)CCCCC1. The molecule has 20 heavy (non-hydrogen) atoms. The molecule has 0 bridgehead atoms. The molecule has 1 heterocycles. The summed E-state index contributed by atoms with van der Waals surface area (Å²) < 4.78 is 0. The molecule has 1 saturated carbocycles. The number of nitrogens with one attached hydrogen (secondary N) is 2. The van der Waals surface area contributed by atoms with Gasteiger partial charge in [-0.05, 0) is 26.7 Å². The molecule has 0 aliphatic heterocycles. The van der Waals surface area contributed by atoms with Gasteiger partial charge < -0.3 is 10.4 Å². The summed E-state index contributed by atoms with van der Waals surface area (Å²) >= 11 is 0. The lowest BCUT2D eigenvalue weighted by molar-refractivity contribution is -0.150. The number of aromatic amines is 1. The largest absolute Gasteiger partial charge is 0.481 e. The smallest absolute Gasteiger partial charge is 0.311 e. The van der Waals surface area contributed by atoms with E-state index >= 15 is 0 Å². The van der Waals surface area contributed by atoms with Gasteiger partial charge in [-0.2, -0.15) is 5.10 Å². The van der Waals surface area contributed by atoms with E-state index in [0.29, 0.717) is 29.8 Å². The Kier molecular flexibility index (Phi) is 4.11. The van der Waals surface area contributed by atoms with Crippen LogP contribution in [0.2, 0.25) is 0 Å². The van der Waals surface area contributed by atoms with Crippen molar-refractivity contribution in [3.8, 4) is 0 Å². The Hall–Kier alpha value is -1.85. The molecule has 2 rings (SSSR count). The predicted molar refractivity (Wildman–Crippen MR) is 73.5 cm³/mol. The highest BCUT2D eigenvalue weighted by Crippen LogP contribution is 2.36. The van der Waals surface area contributed by atoms with Crippen molar-refractivity contribution in [3.63, 3.8) is 0 Å². The van der Waals surface area contributed by atoms with Crippen molar-refractivity contribution in [2.45, 2.75) is 46.0 Å². The van der Waals surface area contributed by atoms with Gasteiger partial charge in [0.25, 0.3) is 5.91 Å². The highest BCUT2D eigenvalue weighted by molar-refractivity contribution is 5.96. The van der Waals surface area contributed by atoms with E-state index in [1.165, 1.54) is 0 Å². The van der Waals surface area contributed by atoms with Gasteiger partial charge in [-0.1, -0.05) is 19.3 Å². The van der Waals surface area contributed by atoms with Crippen LogP contribution in [0.25, 0.3) is 0 Å². The maximum absolute atomic E-state index is 12.2. The first-order chi connectivity index (χ1) is 9.46. The minimum atomic E-state index is -0.807. The van der Waals surface area contributed by atoms with E-state index < -0.39 is 11.4 Å². The third kappa shape index (κ3) is 2.69. The molecule has 0 atom stereocenters. The maximum Gasteiger partial charge on any atom is 0.311 e. The van der Waals surface area contributed by atoms with Crippen LogP contribution < -0.4 is 5.32 Å². The van der Waals surface area contributed by atoms with Crippen molar-refractivity contribution < 1.29 is 14.7 Å². The second-order valence-corrected chi connectivity index (χ2v) is 5.64. The summed E-state index contributed by atoms with van der Waals surface area (Å²) in [5, 5.41) is 19.0. The first kappa shape index (κ1) is 14.6. The van der Waals surface area contributed by atoms with Crippen molar-refractivity contribution in [1.29, 1.82) is 0 Å². The van der Waals surface area contributed by atoms with Crippen molar-refractivity contribution in [2.75, 3.05) is 6.54 Å². The van der Waals surface area contributed by atoms with Crippen molar-refractivity contribution in [2.24, 2.45) is 5.41 Å². The van der Waals surface area contributed by atoms with E-state index in [-0.39, 0.29) is 12.5 Å². The predicted octanol–water partition coefficient (Wildman–Crippen LogP) is 1.79. The van der Waals surface area contributed by atoms with Crippen molar-refractivity contribution >= 4 is 11.9 Å². The minimum absolute atomic E-state index is 0.186. The van der Waals surface area contributed by atoms with Gasteiger partial charge in [0.1, 0.15) is 0 Å². The van der Waals surface area contributed by atoms with Gasteiger partial charge in [-0.3, -0.25) is 14.7 Å². The van der Waals surface area contributed by atoms with E-state index in [4.69, 9.17) is 0 Å². The number of carboxylic acid groups (broad SMARTS) is 1. The van der Waals surface area contributed by atoms with Gasteiger partial charge in [0.2, 0.25) is 0 Å². The van der Waals surface area contributed by atoms with Gasteiger partial charge >= 0.3 is 5.97 Å². The monoisotopic (exact) mass is 279 g/mol. The zero-order valence-corrected chi connectivity index (χ0v) is 12.0. The number of hydrogen-bond donors (Lipinski definition) is 3. The second kappa shape index (κ2) is 5.64. The van der Waals surface area contributed by atoms with Crippen LogP contribution in [0.5, 0.6) is 0 Å². The van der Waals surface area contributed by atoms with Crippen LogP contribution >= 0.6 is 0 Å². The highest BCUT2D eigenvalue weighted by atomic mass is 16.4. The van der Waals surface area contributed by atoms with Gasteiger partial charge in [-0.25, -0.2) is 0 Å². The third-order valence-corrected chi connectivity index (χ3v) is 4.21. The van der Waals surface area contributed by atoms with E-state index in [1.807, 2.05) is 0 Å². The van der Waals surface area contributed by atoms with E-state index in [2.05, 4.69) is 15.5 Å². The average Bonchev–Trinajstić information content (AvgIpc) is 2.76. The number of aryl methyl sites for hydroxylation is 2. The number of hydrogen-bond acceptors (Lipinski definition) is 3. The van der Waals surface area contributed by atoms with Crippen LogP contribution in [0.3, 0.4) is 0 Å². The zero-order chi connectivity index (χ0) is 14.8. The quantitative estimate of drug-likeness (QED) is 0.783. The van der Waals surface area contributed by atoms with Gasteiger partial charge in [0.15, 0.2) is 0 Å². The molecule has 1 aliphatic carbocycles. The number of aliphatic carboxylic acids is 1. The number of rotatable bonds is 4. The molecule has 1 fully saturated rings.